The zero-order chi connectivity index (χ0) is 13.8. The van der Waals surface area contributed by atoms with Crippen LogP contribution >= 0.6 is 22.9 Å². The number of amides is 1. The Bertz CT molecular complexity index is 579. The quantitative estimate of drug-likeness (QED) is 0.733. The van der Waals surface area contributed by atoms with Gasteiger partial charge >= 0.3 is 0 Å². The number of carbonyl (C=O) groups is 1. The molecule has 4 N–H and O–H groups in total. The Hall–Kier alpha value is -1.60. The lowest BCUT2D eigenvalue weighted by Gasteiger charge is -2.02. The lowest BCUT2D eigenvalue weighted by Crippen LogP contribution is -2.25. The average Bonchev–Trinajstić information content (AvgIpc) is 2.93. The number of hydrogen-bond donors (Lipinski definition) is 3. The van der Waals surface area contributed by atoms with Crippen LogP contribution in [0.4, 0.5) is 5.13 Å². The SMILES string of the molecule is Cc1[nH]nc(C(=O)NCCCc2csc(N)n2)c1Cl. The molecule has 0 bridgehead atoms. The first-order chi connectivity index (χ1) is 9.08. The van der Waals surface area contributed by atoms with E-state index in [0.717, 1.165) is 18.5 Å². The van der Waals surface area contributed by atoms with Gasteiger partial charge in [0.25, 0.3) is 5.91 Å². The van der Waals surface area contributed by atoms with Crippen LogP contribution in [0.2, 0.25) is 5.02 Å². The Kier molecular flexibility index (Phi) is 4.39. The maximum Gasteiger partial charge on any atom is 0.273 e. The molecule has 8 heteroatoms. The third kappa shape index (κ3) is 3.45. The van der Waals surface area contributed by atoms with Crippen LogP contribution in [0.5, 0.6) is 0 Å². The van der Waals surface area contributed by atoms with E-state index < -0.39 is 0 Å². The van der Waals surface area contributed by atoms with Crippen LogP contribution in [0.3, 0.4) is 0 Å². The number of aromatic amines is 1. The van der Waals surface area contributed by atoms with E-state index in [4.69, 9.17) is 17.3 Å². The van der Waals surface area contributed by atoms with E-state index in [1.807, 2.05) is 5.38 Å². The van der Waals surface area contributed by atoms with Crippen molar-refractivity contribution >= 4 is 34.0 Å². The molecule has 0 unspecified atom stereocenters. The Balaban J connectivity index is 1.77. The summed E-state index contributed by atoms with van der Waals surface area (Å²) in [6, 6.07) is 0. The summed E-state index contributed by atoms with van der Waals surface area (Å²) in [7, 11) is 0. The van der Waals surface area contributed by atoms with Gasteiger partial charge < -0.3 is 11.1 Å². The molecule has 2 aromatic rings. The fourth-order valence-electron chi connectivity index (χ4n) is 1.56. The van der Waals surface area contributed by atoms with Gasteiger partial charge in [-0.25, -0.2) is 4.98 Å². The van der Waals surface area contributed by atoms with Gasteiger partial charge in [-0.15, -0.1) is 11.3 Å². The number of rotatable bonds is 5. The third-order valence-corrected chi connectivity index (χ3v) is 3.74. The van der Waals surface area contributed by atoms with E-state index in [1.54, 1.807) is 6.92 Å². The predicted molar refractivity (Wildman–Crippen MR) is 75.5 cm³/mol. The summed E-state index contributed by atoms with van der Waals surface area (Å²) in [5, 5.41) is 12.2. The van der Waals surface area contributed by atoms with E-state index in [2.05, 4.69) is 20.5 Å². The molecule has 0 fully saturated rings. The number of nitrogens with one attached hydrogen (secondary N) is 2. The first-order valence-corrected chi connectivity index (χ1v) is 7.02. The minimum Gasteiger partial charge on any atom is -0.375 e. The van der Waals surface area contributed by atoms with Crippen molar-refractivity contribution < 1.29 is 4.79 Å². The number of nitrogens with two attached hydrogens (primary N) is 1. The van der Waals surface area contributed by atoms with Gasteiger partial charge in [0.2, 0.25) is 0 Å². The highest BCUT2D eigenvalue weighted by Crippen LogP contribution is 2.16. The molecule has 0 saturated carbocycles. The zero-order valence-electron chi connectivity index (χ0n) is 10.4. The van der Waals surface area contributed by atoms with Gasteiger partial charge in [0.05, 0.1) is 16.4 Å². The van der Waals surface area contributed by atoms with Crippen LogP contribution < -0.4 is 11.1 Å². The van der Waals surface area contributed by atoms with Crippen LogP contribution in [0.1, 0.15) is 28.3 Å². The van der Waals surface area contributed by atoms with Gasteiger partial charge in [-0.05, 0) is 19.8 Å². The molecule has 0 aliphatic heterocycles. The number of nitrogen functional groups attached to an aromatic ring is 1. The minimum atomic E-state index is -0.271. The second-order valence-electron chi connectivity index (χ2n) is 4.05. The molecule has 0 aliphatic carbocycles. The van der Waals surface area contributed by atoms with Gasteiger partial charge in [-0.2, -0.15) is 5.10 Å². The maximum atomic E-state index is 11.8. The minimum absolute atomic E-state index is 0.233. The largest absolute Gasteiger partial charge is 0.375 e. The number of aromatic nitrogens is 3. The average molecular weight is 300 g/mol. The number of H-pyrrole nitrogens is 1. The second kappa shape index (κ2) is 6.03. The van der Waals surface area contributed by atoms with Gasteiger partial charge in [-0.1, -0.05) is 11.6 Å². The summed E-state index contributed by atoms with van der Waals surface area (Å²) in [6.07, 6.45) is 1.57. The van der Waals surface area contributed by atoms with E-state index >= 15 is 0 Å². The van der Waals surface area contributed by atoms with E-state index in [9.17, 15) is 4.79 Å². The molecule has 102 valence electrons. The highest BCUT2D eigenvalue weighted by molar-refractivity contribution is 7.13. The number of thiazole rings is 1. The molecule has 1 amide bonds. The molecule has 0 aromatic carbocycles. The summed E-state index contributed by atoms with van der Waals surface area (Å²) in [5.74, 6) is -0.271. The van der Waals surface area contributed by atoms with Crippen LogP contribution in [0.25, 0.3) is 0 Å². The van der Waals surface area contributed by atoms with Crippen LogP contribution in [-0.4, -0.2) is 27.6 Å². The Labute approximate surface area is 119 Å². The highest BCUT2D eigenvalue weighted by Gasteiger charge is 2.15. The molecular weight excluding hydrogens is 286 g/mol. The molecule has 2 rings (SSSR count). The lowest BCUT2D eigenvalue weighted by atomic mass is 10.2. The Morgan fingerprint density at radius 3 is 3.00 bits per heavy atom. The number of aryl methyl sites for hydroxylation is 2. The zero-order valence-corrected chi connectivity index (χ0v) is 11.9. The maximum absolute atomic E-state index is 11.8. The predicted octanol–water partition coefficient (Wildman–Crippen LogP) is 1.77. The second-order valence-corrected chi connectivity index (χ2v) is 5.32. The molecule has 19 heavy (non-hydrogen) atoms. The first kappa shape index (κ1) is 13.8. The number of halogens is 1. The molecule has 0 aliphatic rings. The van der Waals surface area contributed by atoms with Gasteiger partial charge in [0.15, 0.2) is 10.8 Å². The van der Waals surface area contributed by atoms with Crippen LogP contribution in [0, 0.1) is 6.92 Å². The van der Waals surface area contributed by atoms with Gasteiger partial charge in [-0.3, -0.25) is 9.89 Å². The lowest BCUT2D eigenvalue weighted by molar-refractivity contribution is 0.0948. The monoisotopic (exact) mass is 299 g/mol. The van der Waals surface area contributed by atoms with E-state index in [1.165, 1.54) is 11.3 Å². The van der Waals surface area contributed by atoms with Gasteiger partial charge in [0, 0.05) is 11.9 Å². The normalized spacial score (nSPS) is 10.6. The van der Waals surface area contributed by atoms with Crippen molar-refractivity contribution in [3.63, 3.8) is 0 Å². The van der Waals surface area contributed by atoms with Crippen molar-refractivity contribution in [2.45, 2.75) is 19.8 Å². The van der Waals surface area contributed by atoms with E-state index in [-0.39, 0.29) is 11.6 Å². The van der Waals surface area contributed by atoms with Crippen molar-refractivity contribution in [1.82, 2.24) is 20.5 Å². The van der Waals surface area contributed by atoms with Gasteiger partial charge in [0.1, 0.15) is 0 Å². The number of carbonyl (C=O) groups excluding carboxylic acids is 1. The summed E-state index contributed by atoms with van der Waals surface area (Å²) < 4.78 is 0. The molecule has 0 spiro atoms. The van der Waals surface area contributed by atoms with Crippen molar-refractivity contribution in [1.29, 1.82) is 0 Å². The van der Waals surface area contributed by atoms with Crippen molar-refractivity contribution in [3.05, 3.63) is 27.5 Å². The van der Waals surface area contributed by atoms with Crippen molar-refractivity contribution in [2.75, 3.05) is 12.3 Å². The van der Waals surface area contributed by atoms with E-state index in [0.29, 0.717) is 22.4 Å². The Morgan fingerprint density at radius 2 is 2.42 bits per heavy atom. The molecule has 6 nitrogen and oxygen atoms in total. The van der Waals surface area contributed by atoms with Crippen molar-refractivity contribution in [3.8, 4) is 0 Å². The van der Waals surface area contributed by atoms with Crippen molar-refractivity contribution in [2.24, 2.45) is 0 Å². The number of nitrogens with zero attached hydrogens (tertiary/aromatic N) is 2. The Morgan fingerprint density at radius 1 is 1.63 bits per heavy atom. The number of hydrogen-bond acceptors (Lipinski definition) is 5. The summed E-state index contributed by atoms with van der Waals surface area (Å²) in [4.78, 5) is 15.9. The molecule has 0 saturated heterocycles. The fraction of sp³-hybridized carbons (Fsp3) is 0.364. The smallest absolute Gasteiger partial charge is 0.273 e. The number of anilines is 1. The van der Waals surface area contributed by atoms with Crippen LogP contribution in [-0.2, 0) is 6.42 Å². The standard InChI is InChI=1S/C11H14ClN5OS/c1-6-8(12)9(17-16-6)10(18)14-4-2-3-7-5-19-11(13)15-7/h5H,2-4H2,1H3,(H2,13,15)(H,14,18)(H,16,17). The summed E-state index contributed by atoms with van der Waals surface area (Å²) >= 11 is 7.36. The molecular formula is C11H14ClN5OS. The van der Waals surface area contributed by atoms with Crippen LogP contribution in [0.15, 0.2) is 5.38 Å². The highest BCUT2D eigenvalue weighted by atomic mass is 35.5. The molecule has 2 aromatic heterocycles. The topological polar surface area (TPSA) is 96.7 Å². The first-order valence-electron chi connectivity index (χ1n) is 5.76. The third-order valence-electron chi connectivity index (χ3n) is 2.55. The summed E-state index contributed by atoms with van der Waals surface area (Å²) in [5.41, 5.74) is 7.41. The molecule has 2 heterocycles. The molecule has 0 atom stereocenters. The fourth-order valence-corrected chi connectivity index (χ4v) is 2.33. The summed E-state index contributed by atoms with van der Waals surface area (Å²) in [6.45, 7) is 2.30. The molecule has 0 radical (unpaired) electrons.